The number of hydrogen-bond donors (Lipinski definition) is 5. The van der Waals surface area contributed by atoms with Crippen molar-refractivity contribution in [2.75, 3.05) is 13.7 Å². The van der Waals surface area contributed by atoms with Crippen molar-refractivity contribution in [3.05, 3.63) is 53.1 Å². The Kier molecular flexibility index (Phi) is 6.68. The average Bonchev–Trinajstić information content (AvgIpc) is 2.75. The highest BCUT2D eigenvalue weighted by molar-refractivity contribution is 5.95. The summed E-state index contributed by atoms with van der Waals surface area (Å²) in [6.45, 7) is 4.44. The van der Waals surface area contributed by atoms with Gasteiger partial charge in [-0.3, -0.25) is 4.79 Å². The van der Waals surface area contributed by atoms with Gasteiger partial charge in [-0.05, 0) is 67.3 Å². The first kappa shape index (κ1) is 23.2. The zero-order valence-electron chi connectivity index (χ0n) is 18.0. The molecule has 0 spiro atoms. The van der Waals surface area contributed by atoms with Crippen LogP contribution in [0.5, 0.6) is 5.75 Å². The number of hydrogen-bond acceptors (Lipinski definition) is 7. The molecule has 1 aliphatic heterocycles. The molecule has 0 saturated carbocycles. The van der Waals surface area contributed by atoms with Crippen molar-refractivity contribution in [2.24, 2.45) is 0 Å². The predicted octanol–water partition coefficient (Wildman–Crippen LogP) is 0.899. The average molecular weight is 431 g/mol. The van der Waals surface area contributed by atoms with E-state index in [1.54, 1.807) is 19.2 Å². The van der Waals surface area contributed by atoms with Gasteiger partial charge in [-0.15, -0.1) is 0 Å². The summed E-state index contributed by atoms with van der Waals surface area (Å²) in [5.74, 6) is 0.280. The number of nitrogens with one attached hydrogen (secondary N) is 1. The fourth-order valence-corrected chi connectivity index (χ4v) is 3.76. The molecule has 168 valence electrons. The SMILES string of the molecule is CNC(=O)c1cccc(-c2cc(C)c(O[C@H]3O[C@H](CO)[C@@H](O)[C@H](O)[C@]3(C)O)c(C)c2)c1. The van der Waals surface area contributed by atoms with E-state index in [1.807, 2.05) is 38.1 Å². The van der Waals surface area contributed by atoms with Crippen LogP contribution < -0.4 is 10.1 Å². The van der Waals surface area contributed by atoms with Crippen LogP contribution in [0.4, 0.5) is 0 Å². The van der Waals surface area contributed by atoms with Crippen molar-refractivity contribution < 1.29 is 34.7 Å². The summed E-state index contributed by atoms with van der Waals surface area (Å²) >= 11 is 0. The van der Waals surface area contributed by atoms with Crippen LogP contribution in [0.2, 0.25) is 0 Å². The minimum atomic E-state index is -1.90. The second-order valence-electron chi connectivity index (χ2n) is 8.07. The normalized spacial score (nSPS) is 28.3. The fraction of sp³-hybridized carbons (Fsp3) is 0.435. The van der Waals surface area contributed by atoms with Gasteiger partial charge in [0.05, 0.1) is 6.61 Å². The fourth-order valence-electron chi connectivity index (χ4n) is 3.76. The van der Waals surface area contributed by atoms with Crippen LogP contribution in [0.15, 0.2) is 36.4 Å². The topological polar surface area (TPSA) is 128 Å². The minimum absolute atomic E-state index is 0.175. The van der Waals surface area contributed by atoms with E-state index >= 15 is 0 Å². The Balaban J connectivity index is 1.92. The van der Waals surface area contributed by atoms with Gasteiger partial charge in [0.25, 0.3) is 5.91 Å². The Hall–Kier alpha value is -2.49. The third-order valence-electron chi connectivity index (χ3n) is 5.63. The Morgan fingerprint density at radius 1 is 1.16 bits per heavy atom. The number of aryl methyl sites for hydroxylation is 2. The van der Waals surface area contributed by atoms with Gasteiger partial charge in [-0.2, -0.15) is 0 Å². The number of rotatable bonds is 5. The molecule has 0 bridgehead atoms. The van der Waals surface area contributed by atoms with E-state index in [9.17, 15) is 25.2 Å². The van der Waals surface area contributed by atoms with Crippen molar-refractivity contribution in [1.29, 1.82) is 0 Å². The van der Waals surface area contributed by atoms with Gasteiger partial charge in [0.1, 0.15) is 24.1 Å². The van der Waals surface area contributed by atoms with Crippen LogP contribution in [0.3, 0.4) is 0 Å². The molecule has 5 N–H and O–H groups in total. The molecule has 0 radical (unpaired) electrons. The number of amides is 1. The van der Waals surface area contributed by atoms with Crippen LogP contribution in [0, 0.1) is 13.8 Å². The molecule has 2 aromatic rings. The molecule has 1 amide bonds. The summed E-state index contributed by atoms with van der Waals surface area (Å²) in [6, 6.07) is 11.0. The molecule has 0 aromatic heterocycles. The highest BCUT2D eigenvalue weighted by atomic mass is 16.7. The number of carbonyl (C=O) groups is 1. The lowest BCUT2D eigenvalue weighted by Crippen LogP contribution is -2.66. The molecule has 0 unspecified atom stereocenters. The maximum absolute atomic E-state index is 11.9. The Morgan fingerprint density at radius 2 is 1.81 bits per heavy atom. The van der Waals surface area contributed by atoms with Crippen LogP contribution in [-0.4, -0.2) is 70.2 Å². The molecule has 8 heteroatoms. The number of carbonyl (C=O) groups excluding carboxylic acids is 1. The summed E-state index contributed by atoms with van der Waals surface area (Å²) in [7, 11) is 1.58. The molecule has 2 aromatic carbocycles. The largest absolute Gasteiger partial charge is 0.461 e. The van der Waals surface area contributed by atoms with E-state index in [0.29, 0.717) is 11.3 Å². The maximum Gasteiger partial charge on any atom is 0.251 e. The molecule has 31 heavy (non-hydrogen) atoms. The highest BCUT2D eigenvalue weighted by Crippen LogP contribution is 2.36. The third kappa shape index (κ3) is 4.44. The number of ether oxygens (including phenoxy) is 2. The van der Waals surface area contributed by atoms with Crippen LogP contribution >= 0.6 is 0 Å². The second-order valence-corrected chi connectivity index (χ2v) is 8.07. The summed E-state index contributed by atoms with van der Waals surface area (Å²) in [6.07, 6.45) is -5.40. The molecule has 1 saturated heterocycles. The van der Waals surface area contributed by atoms with Crippen molar-refractivity contribution in [1.82, 2.24) is 5.32 Å². The quantitative estimate of drug-likeness (QED) is 0.476. The Morgan fingerprint density at radius 3 is 2.39 bits per heavy atom. The summed E-state index contributed by atoms with van der Waals surface area (Å²) in [4.78, 5) is 11.9. The van der Waals surface area contributed by atoms with Crippen molar-refractivity contribution in [3.8, 4) is 16.9 Å². The van der Waals surface area contributed by atoms with Gasteiger partial charge in [0.2, 0.25) is 6.29 Å². The summed E-state index contributed by atoms with van der Waals surface area (Å²) in [5, 5.41) is 43.0. The number of aliphatic hydroxyl groups excluding tert-OH is 3. The monoisotopic (exact) mass is 431 g/mol. The molecule has 1 fully saturated rings. The first-order valence-electron chi connectivity index (χ1n) is 10.0. The van der Waals surface area contributed by atoms with Gasteiger partial charge in [0, 0.05) is 12.6 Å². The van der Waals surface area contributed by atoms with E-state index in [-0.39, 0.29) is 5.91 Å². The van der Waals surface area contributed by atoms with E-state index in [4.69, 9.17) is 9.47 Å². The van der Waals surface area contributed by atoms with Gasteiger partial charge in [0.15, 0.2) is 5.60 Å². The second kappa shape index (κ2) is 8.94. The Labute approximate surface area is 181 Å². The van der Waals surface area contributed by atoms with E-state index < -0.39 is 36.8 Å². The van der Waals surface area contributed by atoms with E-state index in [0.717, 1.165) is 22.3 Å². The zero-order valence-corrected chi connectivity index (χ0v) is 18.0. The molecular weight excluding hydrogens is 402 g/mol. The number of aliphatic hydroxyl groups is 4. The van der Waals surface area contributed by atoms with Gasteiger partial charge in [-0.1, -0.05) is 12.1 Å². The van der Waals surface area contributed by atoms with Crippen LogP contribution in [0.1, 0.15) is 28.4 Å². The van der Waals surface area contributed by atoms with E-state index in [1.165, 1.54) is 6.92 Å². The lowest BCUT2D eigenvalue weighted by molar-refractivity contribution is -0.315. The summed E-state index contributed by atoms with van der Waals surface area (Å²) < 4.78 is 11.5. The standard InChI is InChI=1S/C23H29NO7/c1-12-8-16(14-6-5-7-15(10-14)21(28)24-4)9-13(2)19(12)31-22-23(3,29)20(27)18(26)17(11-25)30-22/h5-10,17-18,20,22,25-27,29H,11H2,1-4H3,(H,24,28)/t17-,18-,20+,22-,23+/m1/s1. The molecule has 0 aliphatic carbocycles. The predicted molar refractivity (Wildman–Crippen MR) is 114 cm³/mol. The zero-order chi connectivity index (χ0) is 22.9. The van der Waals surface area contributed by atoms with Gasteiger partial charge < -0.3 is 35.2 Å². The first-order chi connectivity index (χ1) is 14.6. The Bertz CT molecular complexity index is 936. The first-order valence-corrected chi connectivity index (χ1v) is 10.0. The number of benzene rings is 2. The van der Waals surface area contributed by atoms with Crippen molar-refractivity contribution in [3.63, 3.8) is 0 Å². The lowest BCUT2D eigenvalue weighted by Gasteiger charge is -2.46. The molecule has 1 aliphatic rings. The van der Waals surface area contributed by atoms with Crippen molar-refractivity contribution in [2.45, 2.75) is 51.0 Å². The minimum Gasteiger partial charge on any atom is -0.461 e. The van der Waals surface area contributed by atoms with Crippen molar-refractivity contribution >= 4 is 5.91 Å². The smallest absolute Gasteiger partial charge is 0.251 e. The van der Waals surface area contributed by atoms with E-state index in [2.05, 4.69) is 5.32 Å². The van der Waals surface area contributed by atoms with Crippen LogP contribution in [0.25, 0.3) is 11.1 Å². The van der Waals surface area contributed by atoms with Gasteiger partial charge in [-0.25, -0.2) is 0 Å². The van der Waals surface area contributed by atoms with Crippen LogP contribution in [-0.2, 0) is 4.74 Å². The lowest BCUT2D eigenvalue weighted by atomic mass is 9.88. The van der Waals surface area contributed by atoms with Gasteiger partial charge >= 0.3 is 0 Å². The molecular formula is C23H29NO7. The molecule has 5 atom stereocenters. The summed E-state index contributed by atoms with van der Waals surface area (Å²) in [5.41, 5.74) is 1.89. The molecule has 1 heterocycles. The highest BCUT2D eigenvalue weighted by Gasteiger charge is 2.53. The molecule has 8 nitrogen and oxygen atoms in total. The molecule has 3 rings (SSSR count). The third-order valence-corrected chi connectivity index (χ3v) is 5.63. The maximum atomic E-state index is 11.9.